The summed E-state index contributed by atoms with van der Waals surface area (Å²) in [6, 6.07) is 13.7. The van der Waals surface area contributed by atoms with Crippen molar-refractivity contribution in [3.63, 3.8) is 0 Å². The third-order valence-electron chi connectivity index (χ3n) is 5.25. The van der Waals surface area contributed by atoms with Crippen molar-refractivity contribution in [2.24, 2.45) is 0 Å². The molecule has 2 amide bonds. The van der Waals surface area contributed by atoms with Crippen molar-refractivity contribution in [3.05, 3.63) is 72.2 Å². The van der Waals surface area contributed by atoms with Crippen LogP contribution in [0.4, 0.5) is 21.6 Å². The SMILES string of the molecule is COc1cc(C(=O)Nc2ccc(N3CCOCC3)nc2)ccc1OCC(=O)Nc1ccc(F)cc1. The molecule has 0 saturated carbocycles. The maximum Gasteiger partial charge on any atom is 0.262 e. The van der Waals surface area contributed by atoms with Gasteiger partial charge in [-0.1, -0.05) is 0 Å². The second kappa shape index (κ2) is 11.3. The highest BCUT2D eigenvalue weighted by Crippen LogP contribution is 2.28. The van der Waals surface area contributed by atoms with Crippen molar-refractivity contribution in [1.29, 1.82) is 0 Å². The molecule has 2 aromatic carbocycles. The molecule has 182 valence electrons. The quantitative estimate of drug-likeness (QED) is 0.510. The van der Waals surface area contributed by atoms with Crippen molar-refractivity contribution in [1.82, 2.24) is 4.98 Å². The van der Waals surface area contributed by atoms with E-state index in [-0.39, 0.29) is 12.5 Å². The molecule has 1 fully saturated rings. The van der Waals surface area contributed by atoms with Gasteiger partial charge in [0.2, 0.25) is 0 Å². The molecule has 0 bridgehead atoms. The normalized spacial score (nSPS) is 13.1. The largest absolute Gasteiger partial charge is 0.493 e. The van der Waals surface area contributed by atoms with E-state index < -0.39 is 11.7 Å². The number of carbonyl (C=O) groups excluding carboxylic acids is 2. The number of halogens is 1. The molecule has 10 heteroatoms. The summed E-state index contributed by atoms with van der Waals surface area (Å²) in [5.74, 6) is 0.272. The van der Waals surface area contributed by atoms with Crippen LogP contribution in [0.2, 0.25) is 0 Å². The van der Waals surface area contributed by atoms with Crippen LogP contribution in [-0.2, 0) is 9.53 Å². The predicted octanol–water partition coefficient (Wildman–Crippen LogP) is 3.34. The molecule has 0 atom stereocenters. The molecule has 2 heterocycles. The fourth-order valence-electron chi connectivity index (χ4n) is 3.44. The van der Waals surface area contributed by atoms with E-state index in [0.29, 0.717) is 41.7 Å². The van der Waals surface area contributed by atoms with Crippen molar-refractivity contribution in [2.45, 2.75) is 0 Å². The molecule has 1 aromatic heterocycles. The van der Waals surface area contributed by atoms with Crippen LogP contribution in [0.25, 0.3) is 0 Å². The second-order valence-corrected chi connectivity index (χ2v) is 7.67. The van der Waals surface area contributed by atoms with Gasteiger partial charge in [0.15, 0.2) is 18.1 Å². The van der Waals surface area contributed by atoms with Crippen molar-refractivity contribution in [2.75, 3.05) is 55.6 Å². The number of nitrogens with zero attached hydrogens (tertiary/aromatic N) is 2. The van der Waals surface area contributed by atoms with Crippen molar-refractivity contribution >= 4 is 29.0 Å². The first-order valence-electron chi connectivity index (χ1n) is 11.0. The summed E-state index contributed by atoms with van der Waals surface area (Å²) in [7, 11) is 1.44. The Labute approximate surface area is 201 Å². The lowest BCUT2D eigenvalue weighted by Crippen LogP contribution is -2.36. The van der Waals surface area contributed by atoms with Gasteiger partial charge < -0.3 is 29.7 Å². The second-order valence-electron chi connectivity index (χ2n) is 7.67. The number of rotatable bonds is 8. The van der Waals surface area contributed by atoms with Crippen LogP contribution in [-0.4, -0.2) is 56.8 Å². The molecule has 2 N–H and O–H groups in total. The van der Waals surface area contributed by atoms with Gasteiger partial charge in [-0.25, -0.2) is 9.37 Å². The van der Waals surface area contributed by atoms with Crippen LogP contribution in [0.15, 0.2) is 60.8 Å². The van der Waals surface area contributed by atoms with E-state index >= 15 is 0 Å². The Kier molecular flexibility index (Phi) is 7.74. The van der Waals surface area contributed by atoms with Crippen LogP contribution in [0, 0.1) is 5.82 Å². The summed E-state index contributed by atoms with van der Waals surface area (Å²) < 4.78 is 29.2. The van der Waals surface area contributed by atoms with Gasteiger partial charge in [-0.05, 0) is 54.6 Å². The fraction of sp³-hybridized carbons (Fsp3) is 0.240. The Morgan fingerprint density at radius 2 is 1.74 bits per heavy atom. The number of anilines is 3. The van der Waals surface area contributed by atoms with E-state index in [1.165, 1.54) is 37.4 Å². The van der Waals surface area contributed by atoms with Crippen LogP contribution < -0.4 is 25.0 Å². The van der Waals surface area contributed by atoms with Crippen LogP contribution in [0.5, 0.6) is 11.5 Å². The zero-order valence-corrected chi connectivity index (χ0v) is 19.1. The van der Waals surface area contributed by atoms with Gasteiger partial charge in [0, 0.05) is 24.3 Å². The van der Waals surface area contributed by atoms with E-state index in [4.69, 9.17) is 14.2 Å². The van der Waals surface area contributed by atoms with E-state index in [9.17, 15) is 14.0 Å². The van der Waals surface area contributed by atoms with Gasteiger partial charge >= 0.3 is 0 Å². The topological polar surface area (TPSA) is 102 Å². The number of carbonyl (C=O) groups is 2. The summed E-state index contributed by atoms with van der Waals surface area (Å²) in [6.07, 6.45) is 1.61. The number of morpholine rings is 1. The number of amides is 2. The molecule has 0 aliphatic carbocycles. The molecule has 3 aromatic rings. The maximum absolute atomic E-state index is 13.0. The van der Waals surface area contributed by atoms with E-state index in [1.807, 2.05) is 6.07 Å². The third kappa shape index (κ3) is 6.45. The lowest BCUT2D eigenvalue weighted by Gasteiger charge is -2.27. The van der Waals surface area contributed by atoms with E-state index in [0.717, 1.165) is 18.9 Å². The number of methoxy groups -OCH3 is 1. The molecule has 4 rings (SSSR count). The summed E-state index contributed by atoms with van der Waals surface area (Å²) >= 11 is 0. The molecule has 0 radical (unpaired) electrons. The van der Waals surface area contributed by atoms with Gasteiger partial charge in [-0.15, -0.1) is 0 Å². The van der Waals surface area contributed by atoms with Crippen LogP contribution in [0.3, 0.4) is 0 Å². The highest BCUT2D eigenvalue weighted by atomic mass is 19.1. The fourth-order valence-corrected chi connectivity index (χ4v) is 3.44. The van der Waals surface area contributed by atoms with Gasteiger partial charge in [-0.2, -0.15) is 0 Å². The van der Waals surface area contributed by atoms with Crippen molar-refractivity contribution < 1.29 is 28.2 Å². The molecule has 1 saturated heterocycles. The Morgan fingerprint density at radius 3 is 2.43 bits per heavy atom. The van der Waals surface area contributed by atoms with Crippen LogP contribution in [0.1, 0.15) is 10.4 Å². The van der Waals surface area contributed by atoms with Gasteiger partial charge in [0.25, 0.3) is 11.8 Å². The van der Waals surface area contributed by atoms with E-state index in [2.05, 4.69) is 20.5 Å². The Morgan fingerprint density at radius 1 is 1.00 bits per heavy atom. The van der Waals surface area contributed by atoms with Gasteiger partial charge in [0.1, 0.15) is 11.6 Å². The minimum Gasteiger partial charge on any atom is -0.493 e. The molecular weight excluding hydrogens is 455 g/mol. The van der Waals surface area contributed by atoms with Gasteiger partial charge in [0.05, 0.1) is 32.2 Å². The number of benzene rings is 2. The molecule has 0 spiro atoms. The molecule has 1 aliphatic heterocycles. The molecule has 35 heavy (non-hydrogen) atoms. The average molecular weight is 480 g/mol. The van der Waals surface area contributed by atoms with Crippen LogP contribution >= 0.6 is 0 Å². The summed E-state index contributed by atoms with van der Waals surface area (Å²) in [5, 5.41) is 5.42. The third-order valence-corrected chi connectivity index (χ3v) is 5.25. The predicted molar refractivity (Wildman–Crippen MR) is 129 cm³/mol. The number of hydrogen-bond acceptors (Lipinski definition) is 7. The number of pyridine rings is 1. The maximum atomic E-state index is 13.0. The molecule has 9 nitrogen and oxygen atoms in total. The lowest BCUT2D eigenvalue weighted by molar-refractivity contribution is -0.118. The number of aromatic nitrogens is 1. The zero-order chi connectivity index (χ0) is 24.6. The first kappa shape index (κ1) is 24.0. The highest BCUT2D eigenvalue weighted by molar-refractivity contribution is 6.04. The Hall–Kier alpha value is -4.18. The zero-order valence-electron chi connectivity index (χ0n) is 19.1. The molecule has 0 unspecified atom stereocenters. The Bertz CT molecular complexity index is 1170. The average Bonchev–Trinajstić information content (AvgIpc) is 2.89. The molecular formula is C25H25FN4O5. The van der Waals surface area contributed by atoms with E-state index in [1.54, 1.807) is 24.4 Å². The molecule has 1 aliphatic rings. The summed E-state index contributed by atoms with van der Waals surface area (Å²) in [4.78, 5) is 31.4. The summed E-state index contributed by atoms with van der Waals surface area (Å²) in [6.45, 7) is 2.60. The first-order valence-corrected chi connectivity index (χ1v) is 11.0. The monoisotopic (exact) mass is 480 g/mol. The number of hydrogen-bond donors (Lipinski definition) is 2. The number of nitrogens with one attached hydrogen (secondary N) is 2. The standard InChI is InChI=1S/C25H25FN4O5/c1-33-22-14-17(2-8-21(22)35-16-24(31)28-19-5-3-18(26)4-6-19)25(32)29-20-7-9-23(27-15-20)30-10-12-34-13-11-30/h2-9,14-15H,10-13,16H2,1H3,(H,28,31)(H,29,32). The van der Waals surface area contributed by atoms with Crippen molar-refractivity contribution in [3.8, 4) is 11.5 Å². The summed E-state index contributed by atoms with van der Waals surface area (Å²) in [5.41, 5.74) is 1.36. The number of ether oxygens (including phenoxy) is 3. The minimum absolute atomic E-state index is 0.291. The Balaban J connectivity index is 1.34. The smallest absolute Gasteiger partial charge is 0.262 e. The minimum atomic E-state index is -0.423. The highest BCUT2D eigenvalue weighted by Gasteiger charge is 2.15. The van der Waals surface area contributed by atoms with Gasteiger partial charge in [-0.3, -0.25) is 9.59 Å². The lowest BCUT2D eigenvalue weighted by atomic mass is 10.2. The first-order chi connectivity index (χ1) is 17.0.